The maximum absolute atomic E-state index is 9.14. The van der Waals surface area contributed by atoms with E-state index in [1.54, 1.807) is 12.4 Å². The van der Waals surface area contributed by atoms with Crippen molar-refractivity contribution in [1.82, 2.24) is 20.4 Å². The molecule has 0 aliphatic carbocycles. The second kappa shape index (κ2) is 5.68. The van der Waals surface area contributed by atoms with Crippen LogP contribution in [0, 0.1) is 5.92 Å². The van der Waals surface area contributed by atoms with Gasteiger partial charge in [0.1, 0.15) is 0 Å². The van der Waals surface area contributed by atoms with E-state index in [4.69, 9.17) is 9.63 Å². The fraction of sp³-hybridized carbons (Fsp3) is 0.500. The summed E-state index contributed by atoms with van der Waals surface area (Å²) in [6, 6.07) is 1.83. The highest BCUT2D eigenvalue weighted by atomic mass is 16.5. The lowest BCUT2D eigenvalue weighted by molar-refractivity contribution is 0.270. The fourth-order valence-electron chi connectivity index (χ4n) is 2.58. The summed E-state index contributed by atoms with van der Waals surface area (Å²) in [5, 5.41) is 16.5. The van der Waals surface area contributed by atoms with Crippen molar-refractivity contribution in [3.05, 3.63) is 29.9 Å². The van der Waals surface area contributed by atoms with E-state index in [0.717, 1.165) is 30.6 Å². The van der Waals surface area contributed by atoms with Gasteiger partial charge in [0.15, 0.2) is 0 Å². The van der Waals surface area contributed by atoms with Gasteiger partial charge in [-0.15, -0.1) is 0 Å². The first-order valence-electron chi connectivity index (χ1n) is 6.87. The van der Waals surface area contributed by atoms with Gasteiger partial charge in [-0.3, -0.25) is 4.98 Å². The van der Waals surface area contributed by atoms with Gasteiger partial charge in [0.05, 0.1) is 6.61 Å². The Morgan fingerprint density at radius 3 is 3.15 bits per heavy atom. The zero-order chi connectivity index (χ0) is 13.9. The lowest BCUT2D eigenvalue weighted by Gasteiger charge is -2.26. The van der Waals surface area contributed by atoms with Crippen molar-refractivity contribution >= 4 is 0 Å². The smallest absolute Gasteiger partial charge is 0.230 e. The third-order valence-electron chi connectivity index (χ3n) is 3.78. The number of aliphatic hydroxyl groups excluding tert-OH is 1. The van der Waals surface area contributed by atoms with Crippen molar-refractivity contribution in [3.8, 4) is 11.4 Å². The molecule has 2 N–H and O–H groups in total. The number of nitrogens with zero attached hydrogens (tertiary/aromatic N) is 3. The maximum atomic E-state index is 9.14. The van der Waals surface area contributed by atoms with E-state index in [2.05, 4.69) is 27.4 Å². The second-order valence-electron chi connectivity index (χ2n) is 5.27. The Morgan fingerprint density at radius 1 is 1.45 bits per heavy atom. The lowest BCUT2D eigenvalue weighted by atomic mass is 9.88. The minimum Gasteiger partial charge on any atom is -0.392 e. The average Bonchev–Trinajstić information content (AvgIpc) is 2.97. The molecular weight excluding hydrogens is 256 g/mol. The van der Waals surface area contributed by atoms with E-state index in [1.807, 2.05) is 6.07 Å². The van der Waals surface area contributed by atoms with E-state index in [-0.39, 0.29) is 6.61 Å². The standard InChI is InChI=1S/C14H18N4O2/c1-9-5-15-3-2-12(9)14-17-13(18-20-14)11-4-10(8-19)6-16-7-11/h4,6-7,9,12,15,19H,2-3,5,8H2,1H3. The fourth-order valence-corrected chi connectivity index (χ4v) is 2.58. The Morgan fingerprint density at radius 2 is 2.35 bits per heavy atom. The molecule has 20 heavy (non-hydrogen) atoms. The Kier molecular flexibility index (Phi) is 3.75. The third kappa shape index (κ3) is 2.57. The molecule has 1 aliphatic heterocycles. The molecule has 3 rings (SSSR count). The molecule has 6 nitrogen and oxygen atoms in total. The maximum Gasteiger partial charge on any atom is 0.230 e. The molecule has 6 heteroatoms. The molecule has 0 radical (unpaired) electrons. The van der Waals surface area contributed by atoms with Crippen molar-refractivity contribution in [2.75, 3.05) is 13.1 Å². The molecule has 0 saturated carbocycles. The topological polar surface area (TPSA) is 84.1 Å². The first-order valence-corrected chi connectivity index (χ1v) is 6.87. The molecule has 2 atom stereocenters. The molecule has 0 bridgehead atoms. The SMILES string of the molecule is CC1CNCCC1c1nc(-c2cncc(CO)c2)no1. The van der Waals surface area contributed by atoms with Crippen LogP contribution in [0.2, 0.25) is 0 Å². The Bertz CT molecular complexity index is 584. The number of rotatable bonds is 3. The van der Waals surface area contributed by atoms with Crippen molar-refractivity contribution in [1.29, 1.82) is 0 Å². The van der Waals surface area contributed by atoms with Crippen LogP contribution in [0.4, 0.5) is 0 Å². The summed E-state index contributed by atoms with van der Waals surface area (Å²) in [6.45, 7) is 4.10. The normalized spacial score (nSPS) is 22.9. The lowest BCUT2D eigenvalue weighted by Crippen LogP contribution is -2.33. The van der Waals surface area contributed by atoms with Crippen molar-refractivity contribution in [2.45, 2.75) is 25.9 Å². The first kappa shape index (κ1) is 13.2. The summed E-state index contributed by atoms with van der Waals surface area (Å²) in [6.07, 6.45) is 4.32. The van der Waals surface area contributed by atoms with Crippen LogP contribution in [0.15, 0.2) is 23.0 Å². The molecule has 1 aliphatic rings. The highest BCUT2D eigenvalue weighted by Crippen LogP contribution is 2.30. The Labute approximate surface area is 117 Å². The van der Waals surface area contributed by atoms with Gasteiger partial charge in [0.2, 0.25) is 11.7 Å². The predicted molar refractivity (Wildman–Crippen MR) is 72.8 cm³/mol. The van der Waals surface area contributed by atoms with E-state index in [0.29, 0.717) is 23.6 Å². The number of pyridine rings is 1. The molecule has 3 heterocycles. The van der Waals surface area contributed by atoms with Gasteiger partial charge in [-0.05, 0) is 37.1 Å². The molecule has 2 aromatic rings. The van der Waals surface area contributed by atoms with Gasteiger partial charge in [0, 0.05) is 23.9 Å². The number of hydrogen-bond donors (Lipinski definition) is 2. The number of aliphatic hydroxyl groups is 1. The number of hydrogen-bond acceptors (Lipinski definition) is 6. The molecular formula is C14H18N4O2. The van der Waals surface area contributed by atoms with Crippen LogP contribution in [0.25, 0.3) is 11.4 Å². The zero-order valence-corrected chi connectivity index (χ0v) is 11.4. The van der Waals surface area contributed by atoms with Crippen molar-refractivity contribution < 1.29 is 9.63 Å². The minimum absolute atomic E-state index is 0.0448. The highest BCUT2D eigenvalue weighted by molar-refractivity contribution is 5.53. The van der Waals surface area contributed by atoms with Crippen LogP contribution < -0.4 is 5.32 Å². The Balaban J connectivity index is 1.85. The Hall–Kier alpha value is -1.79. The monoisotopic (exact) mass is 274 g/mol. The molecule has 1 fully saturated rings. The molecule has 0 aromatic carbocycles. The van der Waals surface area contributed by atoms with Gasteiger partial charge in [-0.2, -0.15) is 4.98 Å². The summed E-state index contributed by atoms with van der Waals surface area (Å²) in [7, 11) is 0. The average molecular weight is 274 g/mol. The van der Waals surface area contributed by atoms with Crippen LogP contribution in [-0.2, 0) is 6.61 Å². The van der Waals surface area contributed by atoms with E-state index >= 15 is 0 Å². The van der Waals surface area contributed by atoms with Crippen molar-refractivity contribution in [3.63, 3.8) is 0 Å². The van der Waals surface area contributed by atoms with E-state index < -0.39 is 0 Å². The third-order valence-corrected chi connectivity index (χ3v) is 3.78. The quantitative estimate of drug-likeness (QED) is 0.878. The molecule has 2 aromatic heterocycles. The molecule has 0 spiro atoms. The largest absolute Gasteiger partial charge is 0.392 e. The number of nitrogens with one attached hydrogen (secondary N) is 1. The second-order valence-corrected chi connectivity index (χ2v) is 5.27. The summed E-state index contributed by atoms with van der Waals surface area (Å²) in [5.74, 6) is 2.03. The van der Waals surface area contributed by atoms with Crippen LogP contribution in [-0.4, -0.2) is 33.3 Å². The van der Waals surface area contributed by atoms with Gasteiger partial charge in [-0.25, -0.2) is 0 Å². The van der Waals surface area contributed by atoms with Gasteiger partial charge in [-0.1, -0.05) is 12.1 Å². The minimum atomic E-state index is -0.0448. The van der Waals surface area contributed by atoms with Gasteiger partial charge in [0.25, 0.3) is 0 Å². The van der Waals surface area contributed by atoms with Crippen LogP contribution in [0.5, 0.6) is 0 Å². The first-order chi connectivity index (χ1) is 9.78. The van der Waals surface area contributed by atoms with Crippen LogP contribution >= 0.6 is 0 Å². The molecule has 1 saturated heterocycles. The molecule has 0 amide bonds. The highest BCUT2D eigenvalue weighted by Gasteiger charge is 2.27. The van der Waals surface area contributed by atoms with E-state index in [9.17, 15) is 0 Å². The summed E-state index contributed by atoms with van der Waals surface area (Å²) in [5.41, 5.74) is 1.51. The van der Waals surface area contributed by atoms with Gasteiger partial charge >= 0.3 is 0 Å². The molecule has 2 unspecified atom stereocenters. The summed E-state index contributed by atoms with van der Waals surface area (Å²) in [4.78, 5) is 8.58. The summed E-state index contributed by atoms with van der Waals surface area (Å²) >= 11 is 0. The van der Waals surface area contributed by atoms with Crippen LogP contribution in [0.3, 0.4) is 0 Å². The number of aromatic nitrogens is 3. The molecule has 106 valence electrons. The zero-order valence-electron chi connectivity index (χ0n) is 11.4. The van der Waals surface area contributed by atoms with Crippen molar-refractivity contribution in [2.24, 2.45) is 5.92 Å². The summed E-state index contributed by atoms with van der Waals surface area (Å²) < 4.78 is 5.42. The predicted octanol–water partition coefficient (Wildman–Crippen LogP) is 1.34. The van der Waals surface area contributed by atoms with Crippen LogP contribution in [0.1, 0.15) is 30.7 Å². The van der Waals surface area contributed by atoms with E-state index in [1.165, 1.54) is 0 Å². The van der Waals surface area contributed by atoms with Gasteiger partial charge < -0.3 is 14.9 Å². The number of piperidine rings is 1.